The number of methoxy groups -OCH3 is 1. The minimum Gasteiger partial charge on any atom is -0.497 e. The first-order chi connectivity index (χ1) is 12.2. The molecule has 6 nitrogen and oxygen atoms in total. The Morgan fingerprint density at radius 1 is 1.12 bits per heavy atom. The first-order valence-corrected chi connectivity index (χ1v) is 9.43. The van der Waals surface area contributed by atoms with Crippen LogP contribution in [0, 0.1) is 11.6 Å². The summed E-state index contributed by atoms with van der Waals surface area (Å²) >= 11 is 0. The number of nitrogens with zero attached hydrogens (tertiary/aromatic N) is 1. The molecule has 140 valence electrons. The number of nitrogens with one attached hydrogen (secondary N) is 1. The van der Waals surface area contributed by atoms with Crippen LogP contribution in [0.2, 0.25) is 0 Å². The molecule has 0 aliphatic rings. The van der Waals surface area contributed by atoms with E-state index in [1.54, 1.807) is 24.3 Å². The zero-order valence-corrected chi connectivity index (χ0v) is 15.0. The molecule has 2 aromatic carbocycles. The lowest BCUT2D eigenvalue weighted by Crippen LogP contribution is -2.34. The molecule has 0 saturated heterocycles. The van der Waals surface area contributed by atoms with Crippen LogP contribution in [-0.4, -0.2) is 34.2 Å². The fraction of sp³-hybridized carbons (Fsp3) is 0.235. The van der Waals surface area contributed by atoms with Crippen LogP contribution in [0.1, 0.15) is 6.42 Å². The lowest BCUT2D eigenvalue weighted by molar-refractivity contribution is -0.116. The number of carbonyl (C=O) groups is 1. The molecule has 0 bridgehead atoms. The normalized spacial score (nSPS) is 11.1. The number of halogens is 2. The van der Waals surface area contributed by atoms with Gasteiger partial charge in [0.1, 0.15) is 11.4 Å². The van der Waals surface area contributed by atoms with Gasteiger partial charge in [0, 0.05) is 18.7 Å². The van der Waals surface area contributed by atoms with Crippen LogP contribution in [0.25, 0.3) is 0 Å². The number of benzene rings is 2. The van der Waals surface area contributed by atoms with Crippen molar-refractivity contribution >= 4 is 27.3 Å². The van der Waals surface area contributed by atoms with E-state index >= 15 is 0 Å². The molecule has 0 saturated carbocycles. The van der Waals surface area contributed by atoms with Crippen molar-refractivity contribution in [3.05, 3.63) is 54.1 Å². The highest BCUT2D eigenvalue weighted by atomic mass is 32.2. The molecule has 0 aliphatic heterocycles. The molecule has 0 atom stereocenters. The third kappa shape index (κ3) is 4.92. The second kappa shape index (κ2) is 8.13. The van der Waals surface area contributed by atoms with Gasteiger partial charge in [0.25, 0.3) is 0 Å². The van der Waals surface area contributed by atoms with Crippen molar-refractivity contribution in [2.45, 2.75) is 6.42 Å². The number of rotatable bonds is 7. The predicted molar refractivity (Wildman–Crippen MR) is 94.8 cm³/mol. The fourth-order valence-corrected chi connectivity index (χ4v) is 3.20. The second-order valence-corrected chi connectivity index (χ2v) is 7.34. The van der Waals surface area contributed by atoms with E-state index in [0.717, 1.165) is 24.5 Å². The van der Waals surface area contributed by atoms with Gasteiger partial charge in [-0.05, 0) is 36.4 Å². The van der Waals surface area contributed by atoms with Gasteiger partial charge in [0.05, 0.1) is 13.4 Å². The number of ether oxygens (including phenoxy) is 1. The molecule has 0 spiro atoms. The van der Waals surface area contributed by atoms with Crippen molar-refractivity contribution in [3.8, 4) is 5.75 Å². The zero-order chi connectivity index (χ0) is 19.3. The molecule has 0 unspecified atom stereocenters. The van der Waals surface area contributed by atoms with Gasteiger partial charge in [0.15, 0.2) is 11.6 Å². The summed E-state index contributed by atoms with van der Waals surface area (Å²) in [4.78, 5) is 12.0. The molecule has 2 rings (SSSR count). The molecule has 0 aromatic heterocycles. The van der Waals surface area contributed by atoms with E-state index in [1.807, 2.05) is 0 Å². The average Bonchev–Trinajstić information content (AvgIpc) is 2.57. The summed E-state index contributed by atoms with van der Waals surface area (Å²) in [5.74, 6) is -1.93. The van der Waals surface area contributed by atoms with E-state index in [2.05, 4.69) is 5.32 Å². The van der Waals surface area contributed by atoms with Crippen molar-refractivity contribution in [3.63, 3.8) is 0 Å². The van der Waals surface area contributed by atoms with Gasteiger partial charge in [-0.25, -0.2) is 17.2 Å². The molecule has 2 aromatic rings. The Hall–Kier alpha value is -2.68. The maximum Gasteiger partial charge on any atom is 0.232 e. The van der Waals surface area contributed by atoms with Crippen molar-refractivity contribution in [1.82, 2.24) is 0 Å². The van der Waals surface area contributed by atoms with Gasteiger partial charge in [0.2, 0.25) is 15.9 Å². The van der Waals surface area contributed by atoms with Crippen LogP contribution in [0.3, 0.4) is 0 Å². The predicted octanol–water partition coefficient (Wildman–Crippen LogP) is 2.77. The summed E-state index contributed by atoms with van der Waals surface area (Å²) < 4.78 is 57.2. The Morgan fingerprint density at radius 3 is 2.19 bits per heavy atom. The van der Waals surface area contributed by atoms with Gasteiger partial charge in [-0.3, -0.25) is 9.10 Å². The summed E-state index contributed by atoms with van der Waals surface area (Å²) in [6.07, 6.45) is 0.535. The Bertz CT molecular complexity index is 866. The quantitative estimate of drug-likeness (QED) is 0.797. The lowest BCUT2D eigenvalue weighted by Gasteiger charge is -2.23. The SMILES string of the molecule is COc1ccc(NC(=O)CCN(c2c(F)cccc2F)S(C)(=O)=O)cc1. The lowest BCUT2D eigenvalue weighted by atomic mass is 10.2. The number of sulfonamides is 1. The fourth-order valence-electron chi connectivity index (χ4n) is 2.27. The molecular weight excluding hydrogens is 366 g/mol. The minimum absolute atomic E-state index is 0.285. The number of hydrogen-bond donors (Lipinski definition) is 1. The molecule has 9 heteroatoms. The van der Waals surface area contributed by atoms with E-state index < -0.39 is 39.8 Å². The van der Waals surface area contributed by atoms with E-state index in [-0.39, 0.29) is 6.42 Å². The van der Waals surface area contributed by atoms with E-state index in [9.17, 15) is 22.0 Å². The number of carbonyl (C=O) groups excluding carboxylic acids is 1. The van der Waals surface area contributed by atoms with Crippen LogP contribution in [0.15, 0.2) is 42.5 Å². The highest BCUT2D eigenvalue weighted by Crippen LogP contribution is 2.25. The number of hydrogen-bond acceptors (Lipinski definition) is 4. The maximum atomic E-state index is 13.9. The summed E-state index contributed by atoms with van der Waals surface area (Å²) in [6.45, 7) is -0.404. The maximum absolute atomic E-state index is 13.9. The Labute approximate surface area is 150 Å². The highest BCUT2D eigenvalue weighted by Gasteiger charge is 2.25. The first kappa shape index (κ1) is 19.6. The van der Waals surface area contributed by atoms with E-state index in [4.69, 9.17) is 4.74 Å². The van der Waals surface area contributed by atoms with Crippen molar-refractivity contribution in [1.29, 1.82) is 0 Å². The number of para-hydroxylation sites is 1. The van der Waals surface area contributed by atoms with Gasteiger partial charge in [-0.15, -0.1) is 0 Å². The minimum atomic E-state index is -3.98. The summed E-state index contributed by atoms with van der Waals surface area (Å²) in [5.41, 5.74) is -0.217. The average molecular weight is 384 g/mol. The van der Waals surface area contributed by atoms with Crippen molar-refractivity contribution in [2.75, 3.05) is 29.5 Å². The van der Waals surface area contributed by atoms with Crippen LogP contribution in [-0.2, 0) is 14.8 Å². The molecule has 1 amide bonds. The number of anilines is 2. The molecule has 0 heterocycles. The molecular formula is C17H18F2N2O4S. The Balaban J connectivity index is 2.11. The smallest absolute Gasteiger partial charge is 0.232 e. The van der Waals surface area contributed by atoms with Gasteiger partial charge >= 0.3 is 0 Å². The molecule has 1 N–H and O–H groups in total. The second-order valence-electron chi connectivity index (χ2n) is 5.43. The summed E-state index contributed by atoms with van der Waals surface area (Å²) in [5, 5.41) is 2.58. The van der Waals surface area contributed by atoms with Crippen LogP contribution in [0.5, 0.6) is 5.75 Å². The van der Waals surface area contributed by atoms with Gasteiger partial charge in [-0.2, -0.15) is 0 Å². The van der Waals surface area contributed by atoms with Crippen LogP contribution in [0.4, 0.5) is 20.2 Å². The third-order valence-electron chi connectivity index (χ3n) is 3.50. The van der Waals surface area contributed by atoms with Crippen molar-refractivity contribution in [2.24, 2.45) is 0 Å². The van der Waals surface area contributed by atoms with Crippen molar-refractivity contribution < 1.29 is 26.7 Å². The standard InChI is InChI=1S/C17H18F2N2O4S/c1-25-13-8-6-12(7-9-13)20-16(22)10-11-21(26(2,23)24)17-14(18)4-3-5-15(17)19/h3-9H,10-11H2,1-2H3,(H,20,22). The number of amides is 1. The monoisotopic (exact) mass is 384 g/mol. The molecule has 0 aliphatic carbocycles. The third-order valence-corrected chi connectivity index (χ3v) is 4.67. The van der Waals surface area contributed by atoms with E-state index in [1.165, 1.54) is 7.11 Å². The van der Waals surface area contributed by atoms with Crippen LogP contribution < -0.4 is 14.4 Å². The van der Waals surface area contributed by atoms with E-state index in [0.29, 0.717) is 15.7 Å². The highest BCUT2D eigenvalue weighted by molar-refractivity contribution is 7.92. The topological polar surface area (TPSA) is 75.7 Å². The Morgan fingerprint density at radius 2 is 1.69 bits per heavy atom. The molecule has 0 radical (unpaired) electrons. The Kier molecular flexibility index (Phi) is 6.14. The van der Waals surface area contributed by atoms with Crippen LogP contribution >= 0.6 is 0 Å². The summed E-state index contributed by atoms with van der Waals surface area (Å²) in [7, 11) is -2.47. The van der Waals surface area contributed by atoms with Gasteiger partial charge < -0.3 is 10.1 Å². The molecule has 26 heavy (non-hydrogen) atoms. The van der Waals surface area contributed by atoms with Gasteiger partial charge in [-0.1, -0.05) is 6.07 Å². The largest absolute Gasteiger partial charge is 0.497 e. The molecule has 0 fully saturated rings. The first-order valence-electron chi connectivity index (χ1n) is 7.58. The zero-order valence-electron chi connectivity index (χ0n) is 14.2. The summed E-state index contributed by atoms with van der Waals surface area (Å²) in [6, 6.07) is 9.55.